The molecule has 0 atom stereocenters. The summed E-state index contributed by atoms with van der Waals surface area (Å²) >= 11 is 0. The lowest BCUT2D eigenvalue weighted by Gasteiger charge is -2.28. The Balaban J connectivity index is 2.52. The van der Waals surface area contributed by atoms with Crippen LogP contribution in [0.25, 0.3) is 0 Å². The molecule has 10 heteroatoms. The zero-order chi connectivity index (χ0) is 16.4. The van der Waals surface area contributed by atoms with E-state index in [1.165, 1.54) is 36.7 Å². The minimum Gasteiger partial charge on any atom is -0.495 e. The van der Waals surface area contributed by atoms with Gasteiger partial charge in [0.25, 0.3) is 10.0 Å². The van der Waals surface area contributed by atoms with Gasteiger partial charge in [0.1, 0.15) is 10.6 Å². The summed E-state index contributed by atoms with van der Waals surface area (Å²) in [6.45, 7) is 0.325. The first-order valence-corrected chi connectivity index (χ1v) is 9.64. The summed E-state index contributed by atoms with van der Waals surface area (Å²) in [5.74, 6) is 0.153. The predicted molar refractivity (Wildman–Crippen MR) is 80.7 cm³/mol. The van der Waals surface area contributed by atoms with Crippen LogP contribution in [0.2, 0.25) is 0 Å². The molecule has 0 radical (unpaired) electrons. The summed E-state index contributed by atoms with van der Waals surface area (Å²) in [4.78, 5) is 6.16. The van der Waals surface area contributed by atoms with Crippen LogP contribution in [0.3, 0.4) is 0 Å². The van der Waals surface area contributed by atoms with Gasteiger partial charge in [-0.05, 0) is 31.0 Å². The molecule has 0 aromatic heterocycles. The molecule has 0 saturated carbocycles. The van der Waals surface area contributed by atoms with Crippen LogP contribution in [0.1, 0.15) is 12.8 Å². The van der Waals surface area contributed by atoms with Crippen molar-refractivity contribution in [2.45, 2.75) is 17.7 Å². The quantitative estimate of drug-likeness (QED) is 0.774. The van der Waals surface area contributed by atoms with Gasteiger partial charge in [0.05, 0.1) is 25.7 Å². The van der Waals surface area contributed by atoms with E-state index in [0.29, 0.717) is 13.0 Å². The van der Waals surface area contributed by atoms with Gasteiger partial charge in [-0.1, -0.05) is 4.89 Å². The molecule has 0 spiro atoms. The smallest absolute Gasteiger partial charge is 0.266 e. The molecule has 22 heavy (non-hydrogen) atoms. The summed E-state index contributed by atoms with van der Waals surface area (Å²) in [5.41, 5.74) is 0.289. The Morgan fingerprint density at radius 2 is 1.95 bits per heavy atom. The normalized spacial score (nSPS) is 18.2. The SMILES string of the molecule is CONS(=O)(=O)c1cc(N2CCCCS2(=O)=O)ccc1OC. The third-order valence-corrected chi connectivity index (χ3v) is 6.42. The van der Waals surface area contributed by atoms with E-state index in [-0.39, 0.29) is 22.1 Å². The van der Waals surface area contributed by atoms with Crippen LogP contribution < -0.4 is 13.9 Å². The molecule has 1 aliphatic rings. The number of methoxy groups -OCH3 is 1. The van der Waals surface area contributed by atoms with Crippen molar-refractivity contribution in [3.8, 4) is 5.75 Å². The Morgan fingerprint density at radius 3 is 2.55 bits per heavy atom. The largest absolute Gasteiger partial charge is 0.495 e. The standard InChI is InChI=1S/C12H18N2O6S2/c1-19-11-6-5-10(9-12(11)22(17,18)13-20-2)14-7-3-4-8-21(14,15)16/h5-6,9,13H,3-4,7-8H2,1-2H3. The minimum atomic E-state index is -3.97. The highest BCUT2D eigenvalue weighted by molar-refractivity contribution is 7.92. The van der Waals surface area contributed by atoms with E-state index in [0.717, 1.165) is 6.42 Å². The maximum absolute atomic E-state index is 12.1. The van der Waals surface area contributed by atoms with Gasteiger partial charge in [-0.15, -0.1) is 0 Å². The monoisotopic (exact) mass is 350 g/mol. The molecule has 1 N–H and O–H groups in total. The van der Waals surface area contributed by atoms with E-state index in [9.17, 15) is 16.8 Å². The van der Waals surface area contributed by atoms with Crippen molar-refractivity contribution in [1.29, 1.82) is 0 Å². The molecule has 1 saturated heterocycles. The Morgan fingerprint density at radius 1 is 1.23 bits per heavy atom. The van der Waals surface area contributed by atoms with Gasteiger partial charge in [-0.3, -0.25) is 9.14 Å². The van der Waals surface area contributed by atoms with Gasteiger partial charge >= 0.3 is 0 Å². The van der Waals surface area contributed by atoms with Crippen LogP contribution in [0.5, 0.6) is 5.75 Å². The molecule has 124 valence electrons. The van der Waals surface area contributed by atoms with Crippen molar-refractivity contribution < 1.29 is 26.4 Å². The van der Waals surface area contributed by atoms with Crippen LogP contribution in [-0.2, 0) is 24.9 Å². The molecular weight excluding hydrogens is 332 g/mol. The summed E-state index contributed by atoms with van der Waals surface area (Å²) in [6.07, 6.45) is 1.33. The fourth-order valence-electron chi connectivity index (χ4n) is 2.26. The molecule has 1 aromatic carbocycles. The van der Waals surface area contributed by atoms with Crippen molar-refractivity contribution in [1.82, 2.24) is 4.89 Å². The second kappa shape index (κ2) is 6.41. The van der Waals surface area contributed by atoms with E-state index in [1.54, 1.807) is 0 Å². The molecule has 0 aliphatic carbocycles. The van der Waals surface area contributed by atoms with Crippen LogP contribution in [0.4, 0.5) is 5.69 Å². The number of nitrogens with one attached hydrogen (secondary N) is 1. The predicted octanol–water partition coefficient (Wildman–Crippen LogP) is 0.465. The first kappa shape index (κ1) is 17.0. The van der Waals surface area contributed by atoms with E-state index in [4.69, 9.17) is 4.74 Å². The van der Waals surface area contributed by atoms with Crippen LogP contribution >= 0.6 is 0 Å². The van der Waals surface area contributed by atoms with Crippen LogP contribution in [-0.4, -0.2) is 43.4 Å². The van der Waals surface area contributed by atoms with Gasteiger partial charge < -0.3 is 4.74 Å². The third kappa shape index (κ3) is 3.35. The molecule has 2 rings (SSSR count). The summed E-state index contributed by atoms with van der Waals surface area (Å²) < 4.78 is 54.8. The molecule has 1 heterocycles. The molecule has 1 fully saturated rings. The Hall–Kier alpha value is -1.36. The second-order valence-corrected chi connectivity index (χ2v) is 8.35. The molecule has 0 amide bonds. The van der Waals surface area contributed by atoms with Gasteiger partial charge in [0.15, 0.2) is 0 Å². The van der Waals surface area contributed by atoms with E-state index >= 15 is 0 Å². The molecule has 0 unspecified atom stereocenters. The lowest BCUT2D eigenvalue weighted by molar-refractivity contribution is 0.153. The van der Waals surface area contributed by atoms with Gasteiger partial charge in [-0.25, -0.2) is 16.8 Å². The number of anilines is 1. The molecule has 1 aromatic rings. The van der Waals surface area contributed by atoms with Crippen molar-refractivity contribution in [3.05, 3.63) is 18.2 Å². The first-order valence-electron chi connectivity index (χ1n) is 6.55. The average Bonchev–Trinajstić information content (AvgIpc) is 2.46. The van der Waals surface area contributed by atoms with Crippen molar-refractivity contribution in [3.63, 3.8) is 0 Å². The number of sulfonamides is 2. The summed E-state index contributed by atoms with van der Waals surface area (Å²) in [6, 6.07) is 4.21. The lowest BCUT2D eigenvalue weighted by atomic mass is 10.2. The second-order valence-electron chi connectivity index (χ2n) is 4.72. The number of nitrogens with zero attached hydrogens (tertiary/aromatic N) is 1. The fraction of sp³-hybridized carbons (Fsp3) is 0.500. The summed E-state index contributed by atoms with van der Waals surface area (Å²) in [5, 5.41) is 0. The molecule has 1 aliphatic heterocycles. The number of hydrogen-bond acceptors (Lipinski definition) is 6. The topological polar surface area (TPSA) is 102 Å². The van der Waals surface area contributed by atoms with Crippen LogP contribution in [0, 0.1) is 0 Å². The van der Waals surface area contributed by atoms with Crippen molar-refractivity contribution >= 4 is 25.7 Å². The number of ether oxygens (including phenoxy) is 1. The Labute approximate surface area is 130 Å². The Bertz CT molecular complexity index is 745. The van der Waals surface area contributed by atoms with Gasteiger partial charge in [-0.2, -0.15) is 0 Å². The number of benzene rings is 1. The van der Waals surface area contributed by atoms with Crippen molar-refractivity contribution in [2.75, 3.05) is 30.8 Å². The summed E-state index contributed by atoms with van der Waals surface area (Å²) in [7, 11) is -4.89. The third-order valence-electron chi connectivity index (χ3n) is 3.27. The first-order chi connectivity index (χ1) is 10.3. The van der Waals surface area contributed by atoms with E-state index in [2.05, 4.69) is 4.84 Å². The van der Waals surface area contributed by atoms with Crippen LogP contribution in [0.15, 0.2) is 23.1 Å². The number of hydrogen-bond donors (Lipinski definition) is 1. The molecule has 0 bridgehead atoms. The lowest BCUT2D eigenvalue weighted by Crippen LogP contribution is -2.38. The minimum absolute atomic E-state index is 0.0530. The maximum atomic E-state index is 12.1. The molecule has 8 nitrogen and oxygen atoms in total. The zero-order valence-electron chi connectivity index (χ0n) is 12.3. The highest BCUT2D eigenvalue weighted by Crippen LogP contribution is 2.31. The fourth-order valence-corrected chi connectivity index (χ4v) is 4.90. The van der Waals surface area contributed by atoms with Gasteiger partial charge in [0, 0.05) is 6.54 Å². The average molecular weight is 350 g/mol. The van der Waals surface area contributed by atoms with Gasteiger partial charge in [0.2, 0.25) is 10.0 Å². The zero-order valence-corrected chi connectivity index (χ0v) is 13.9. The Kier molecular flexibility index (Phi) is 4.95. The van der Waals surface area contributed by atoms with Crippen molar-refractivity contribution in [2.24, 2.45) is 0 Å². The number of rotatable bonds is 5. The maximum Gasteiger partial charge on any atom is 0.266 e. The van der Waals surface area contributed by atoms with E-state index < -0.39 is 20.0 Å². The molecular formula is C12H18N2O6S2. The van der Waals surface area contributed by atoms with E-state index in [1.807, 2.05) is 4.89 Å². The highest BCUT2D eigenvalue weighted by atomic mass is 32.2. The highest BCUT2D eigenvalue weighted by Gasteiger charge is 2.28.